The minimum Gasteiger partial charge on any atom is -0.480 e. The van der Waals surface area contributed by atoms with Crippen LogP contribution in [0.2, 0.25) is 0 Å². The van der Waals surface area contributed by atoms with Crippen LogP contribution in [0.1, 0.15) is 19.8 Å². The van der Waals surface area contributed by atoms with E-state index in [0.29, 0.717) is 5.84 Å². The molecule has 0 saturated carbocycles. The molecule has 0 aliphatic heterocycles. The van der Waals surface area contributed by atoms with Crippen molar-refractivity contribution in [1.82, 2.24) is 0 Å². The lowest BCUT2D eigenvalue weighted by molar-refractivity contribution is -0.138. The fourth-order valence-corrected chi connectivity index (χ4v) is 0.797. The smallest absolute Gasteiger partial charge is 0.320 e. The number of carboxylic acid groups (broad SMARTS) is 1. The van der Waals surface area contributed by atoms with Crippen LogP contribution in [0.15, 0.2) is 16.9 Å². The molecule has 6 heteroatoms. The molecule has 86 valence electrons. The van der Waals surface area contributed by atoms with Crippen LogP contribution in [0, 0.1) is 0 Å². The molecule has 5 N–H and O–H groups in total. The first-order chi connectivity index (χ1) is 6.93. The molecule has 0 rings (SSSR count). The normalized spacial score (nSPS) is 15.1. The minimum absolute atomic E-state index is 0.0213. The van der Waals surface area contributed by atoms with Crippen LogP contribution < -0.4 is 11.5 Å². The van der Waals surface area contributed by atoms with Crippen LogP contribution in [0.4, 0.5) is 4.39 Å². The summed E-state index contributed by atoms with van der Waals surface area (Å²) >= 11 is 0. The lowest BCUT2D eigenvalue weighted by Gasteiger charge is -2.01. The molecule has 5 nitrogen and oxygen atoms in total. The second-order valence-electron chi connectivity index (χ2n) is 3.10. The van der Waals surface area contributed by atoms with Crippen molar-refractivity contribution >= 4 is 11.8 Å². The van der Waals surface area contributed by atoms with Gasteiger partial charge in [-0.3, -0.25) is 9.79 Å². The van der Waals surface area contributed by atoms with Gasteiger partial charge in [0.05, 0.1) is 11.7 Å². The van der Waals surface area contributed by atoms with Gasteiger partial charge in [0, 0.05) is 13.0 Å². The monoisotopic (exact) mass is 217 g/mol. The topological polar surface area (TPSA) is 102 Å². The summed E-state index contributed by atoms with van der Waals surface area (Å²) in [5, 5.41) is 8.43. The van der Waals surface area contributed by atoms with E-state index in [-0.39, 0.29) is 19.4 Å². The number of aliphatic imine (C=N–C) groups is 1. The summed E-state index contributed by atoms with van der Waals surface area (Å²) in [5.74, 6) is -1.17. The zero-order chi connectivity index (χ0) is 11.8. The Labute approximate surface area is 87.7 Å². The van der Waals surface area contributed by atoms with Crippen molar-refractivity contribution in [3.05, 3.63) is 11.9 Å². The summed E-state index contributed by atoms with van der Waals surface area (Å²) in [7, 11) is 0. The zero-order valence-electron chi connectivity index (χ0n) is 8.61. The molecule has 0 amide bonds. The molecule has 0 fully saturated rings. The van der Waals surface area contributed by atoms with E-state index >= 15 is 0 Å². The minimum atomic E-state index is -1.14. The standard InChI is InChI=1S/C9H16FN3O2/c1-6(11)13-5-4-7(10)2-3-8(12)9(14)15/h2,8H,3-5,12H2,1H3,(H2,11,13)(H,14,15)/b7-2-. The van der Waals surface area contributed by atoms with E-state index in [1.54, 1.807) is 6.92 Å². The molecule has 0 aromatic rings. The van der Waals surface area contributed by atoms with Crippen molar-refractivity contribution in [2.24, 2.45) is 16.5 Å². The van der Waals surface area contributed by atoms with Gasteiger partial charge in [0.2, 0.25) is 0 Å². The Morgan fingerprint density at radius 1 is 1.67 bits per heavy atom. The van der Waals surface area contributed by atoms with Crippen LogP contribution in [0.5, 0.6) is 0 Å². The van der Waals surface area contributed by atoms with E-state index in [4.69, 9.17) is 16.6 Å². The summed E-state index contributed by atoms with van der Waals surface area (Å²) in [5.41, 5.74) is 10.4. The molecule has 1 unspecified atom stereocenters. The second-order valence-corrected chi connectivity index (χ2v) is 3.10. The van der Waals surface area contributed by atoms with Gasteiger partial charge in [-0.05, 0) is 13.3 Å². The van der Waals surface area contributed by atoms with Gasteiger partial charge in [0.15, 0.2) is 0 Å². The van der Waals surface area contributed by atoms with Crippen LogP contribution in [-0.4, -0.2) is 29.5 Å². The Balaban J connectivity index is 3.89. The SMILES string of the molecule is CC(N)=NCC/C(F)=C/CC(N)C(=O)O. The molecule has 0 aromatic heterocycles. The summed E-state index contributed by atoms with van der Waals surface area (Å²) in [6.45, 7) is 1.87. The van der Waals surface area contributed by atoms with Gasteiger partial charge in [0.1, 0.15) is 6.04 Å². The highest BCUT2D eigenvalue weighted by molar-refractivity contribution is 5.77. The number of hydrogen-bond donors (Lipinski definition) is 3. The molecule has 0 aliphatic rings. The first kappa shape index (κ1) is 13.6. The Hall–Kier alpha value is -1.43. The van der Waals surface area contributed by atoms with Gasteiger partial charge in [0.25, 0.3) is 0 Å². The first-order valence-corrected chi connectivity index (χ1v) is 4.53. The maximum atomic E-state index is 13.0. The maximum absolute atomic E-state index is 13.0. The number of halogens is 1. The van der Waals surface area contributed by atoms with Gasteiger partial charge >= 0.3 is 5.97 Å². The van der Waals surface area contributed by atoms with Crippen LogP contribution in [0.3, 0.4) is 0 Å². The van der Waals surface area contributed by atoms with Gasteiger partial charge in [-0.25, -0.2) is 4.39 Å². The van der Waals surface area contributed by atoms with Crippen molar-refractivity contribution in [3.8, 4) is 0 Å². The van der Waals surface area contributed by atoms with Crippen LogP contribution in [-0.2, 0) is 4.79 Å². The Morgan fingerprint density at radius 3 is 2.73 bits per heavy atom. The van der Waals surface area contributed by atoms with Crippen LogP contribution >= 0.6 is 0 Å². The third-order valence-electron chi connectivity index (χ3n) is 1.62. The molecule has 0 heterocycles. The maximum Gasteiger partial charge on any atom is 0.320 e. The lowest BCUT2D eigenvalue weighted by Crippen LogP contribution is -2.29. The predicted octanol–water partition coefficient (Wildman–Crippen LogP) is 0.409. The Kier molecular flexibility index (Phi) is 6.28. The van der Waals surface area contributed by atoms with E-state index < -0.39 is 17.8 Å². The zero-order valence-corrected chi connectivity index (χ0v) is 8.61. The fraction of sp³-hybridized carbons (Fsp3) is 0.556. The molecule has 0 saturated heterocycles. The highest BCUT2D eigenvalue weighted by atomic mass is 19.1. The number of hydrogen-bond acceptors (Lipinski definition) is 3. The number of rotatable bonds is 6. The van der Waals surface area contributed by atoms with E-state index in [1.165, 1.54) is 6.08 Å². The quantitative estimate of drug-likeness (QED) is 0.443. The molecule has 0 aromatic carbocycles. The summed E-state index contributed by atoms with van der Waals surface area (Å²) in [6, 6.07) is -1.06. The van der Waals surface area contributed by atoms with Gasteiger partial charge < -0.3 is 16.6 Å². The van der Waals surface area contributed by atoms with Gasteiger partial charge in [-0.1, -0.05) is 6.08 Å². The molecule has 0 bridgehead atoms. The van der Waals surface area contributed by atoms with Gasteiger partial charge in [-0.15, -0.1) is 0 Å². The summed E-state index contributed by atoms with van der Waals surface area (Å²) in [4.78, 5) is 14.1. The van der Waals surface area contributed by atoms with E-state index in [2.05, 4.69) is 4.99 Å². The Bertz CT molecular complexity index is 273. The number of carboxylic acids is 1. The number of nitrogens with two attached hydrogens (primary N) is 2. The number of carbonyl (C=O) groups is 1. The first-order valence-electron chi connectivity index (χ1n) is 4.53. The second kappa shape index (κ2) is 6.94. The van der Waals surface area contributed by atoms with Crippen molar-refractivity contribution in [1.29, 1.82) is 0 Å². The highest BCUT2D eigenvalue weighted by Crippen LogP contribution is 2.05. The van der Waals surface area contributed by atoms with Crippen molar-refractivity contribution in [2.75, 3.05) is 6.54 Å². The molecule has 0 aliphatic carbocycles. The predicted molar refractivity (Wildman–Crippen MR) is 56.2 cm³/mol. The molecular formula is C9H16FN3O2. The largest absolute Gasteiger partial charge is 0.480 e. The van der Waals surface area contributed by atoms with Crippen LogP contribution in [0.25, 0.3) is 0 Å². The molecule has 0 spiro atoms. The fourth-order valence-electron chi connectivity index (χ4n) is 0.797. The van der Waals surface area contributed by atoms with E-state index in [1.807, 2.05) is 0 Å². The van der Waals surface area contributed by atoms with Crippen molar-refractivity contribution in [3.63, 3.8) is 0 Å². The van der Waals surface area contributed by atoms with Gasteiger partial charge in [-0.2, -0.15) is 0 Å². The number of nitrogens with zero attached hydrogens (tertiary/aromatic N) is 1. The number of aliphatic carboxylic acids is 1. The van der Waals surface area contributed by atoms with Crippen molar-refractivity contribution < 1.29 is 14.3 Å². The molecule has 1 atom stereocenters. The average Bonchev–Trinajstić information content (AvgIpc) is 2.13. The molecular weight excluding hydrogens is 201 g/mol. The number of amidine groups is 1. The summed E-state index contributed by atoms with van der Waals surface area (Å²) < 4.78 is 13.0. The highest BCUT2D eigenvalue weighted by Gasteiger charge is 2.09. The van der Waals surface area contributed by atoms with E-state index in [0.717, 1.165) is 0 Å². The third-order valence-corrected chi connectivity index (χ3v) is 1.62. The Morgan fingerprint density at radius 2 is 2.27 bits per heavy atom. The third kappa shape index (κ3) is 7.63. The molecule has 0 radical (unpaired) electrons. The average molecular weight is 217 g/mol. The van der Waals surface area contributed by atoms with Crippen molar-refractivity contribution in [2.45, 2.75) is 25.8 Å². The summed E-state index contributed by atoms with van der Waals surface area (Å²) in [6.07, 6.45) is 1.26. The van der Waals surface area contributed by atoms with E-state index in [9.17, 15) is 9.18 Å². The lowest BCUT2D eigenvalue weighted by atomic mass is 10.2. The molecule has 15 heavy (non-hydrogen) atoms.